The van der Waals surface area contributed by atoms with E-state index in [1.165, 1.54) is 0 Å². The second kappa shape index (κ2) is 11.8. The number of aromatic nitrogens is 4. The van der Waals surface area contributed by atoms with Gasteiger partial charge in [-0.25, -0.2) is 9.98 Å². The van der Waals surface area contributed by atoms with E-state index in [1.807, 2.05) is 23.7 Å². The second-order valence-corrected chi connectivity index (χ2v) is 7.47. The van der Waals surface area contributed by atoms with Gasteiger partial charge in [-0.15, -0.1) is 11.3 Å². The number of hydrogen-bond acceptors (Lipinski definition) is 8. The Hall–Kier alpha value is -3.11. The Balaban J connectivity index is 1.36. The number of carbonyl (C=O) groups is 1. The quantitative estimate of drug-likeness (QED) is 0.260. The number of rotatable bonds is 12. The van der Waals surface area contributed by atoms with Crippen LogP contribution in [0.3, 0.4) is 0 Å². The molecule has 3 heterocycles. The van der Waals surface area contributed by atoms with Crippen LogP contribution in [0.2, 0.25) is 0 Å². The molecule has 0 aliphatic rings. The minimum atomic E-state index is -0.192. The van der Waals surface area contributed by atoms with Gasteiger partial charge in [-0.2, -0.15) is 10.1 Å². The van der Waals surface area contributed by atoms with Crippen molar-refractivity contribution in [3.05, 3.63) is 41.5 Å². The van der Waals surface area contributed by atoms with Crippen LogP contribution in [-0.4, -0.2) is 51.9 Å². The molecule has 10 heteroatoms. The molecule has 9 nitrogen and oxygen atoms in total. The van der Waals surface area contributed by atoms with Crippen molar-refractivity contribution in [2.45, 2.75) is 25.7 Å². The number of nitrogens with zero attached hydrogens (tertiary/aromatic N) is 4. The van der Waals surface area contributed by atoms with E-state index in [0.717, 1.165) is 36.3 Å². The van der Waals surface area contributed by atoms with Crippen molar-refractivity contribution in [3.8, 4) is 10.6 Å². The molecular weight excluding hydrogens is 400 g/mol. The van der Waals surface area contributed by atoms with Gasteiger partial charge in [-0.3, -0.25) is 9.89 Å². The first-order valence-electron chi connectivity index (χ1n) is 9.93. The maximum absolute atomic E-state index is 12.2. The summed E-state index contributed by atoms with van der Waals surface area (Å²) < 4.78 is 0. The molecule has 0 aliphatic heterocycles. The van der Waals surface area contributed by atoms with E-state index in [1.54, 1.807) is 29.7 Å². The summed E-state index contributed by atoms with van der Waals surface area (Å²) in [5.41, 5.74) is 6.70. The number of thiophene rings is 1. The molecule has 0 aromatic carbocycles. The van der Waals surface area contributed by atoms with E-state index >= 15 is 0 Å². The molecule has 0 fully saturated rings. The first kappa shape index (κ1) is 21.6. The van der Waals surface area contributed by atoms with Gasteiger partial charge in [0.2, 0.25) is 0 Å². The monoisotopic (exact) mass is 426 g/mol. The van der Waals surface area contributed by atoms with E-state index in [2.05, 4.69) is 35.8 Å². The third-order valence-corrected chi connectivity index (χ3v) is 5.08. The van der Waals surface area contributed by atoms with Crippen molar-refractivity contribution in [2.75, 3.05) is 25.0 Å². The van der Waals surface area contributed by atoms with E-state index in [-0.39, 0.29) is 5.91 Å². The van der Waals surface area contributed by atoms with Crippen LogP contribution in [-0.2, 0) is 0 Å². The van der Waals surface area contributed by atoms with Crippen LogP contribution in [0.15, 0.2) is 40.8 Å². The van der Waals surface area contributed by atoms with Crippen LogP contribution in [0.5, 0.6) is 0 Å². The van der Waals surface area contributed by atoms with Crippen molar-refractivity contribution in [1.29, 1.82) is 0 Å². The van der Waals surface area contributed by atoms with Crippen LogP contribution in [0.1, 0.15) is 36.2 Å². The number of H-pyrrole nitrogens is 1. The molecule has 0 atom stereocenters. The number of carbonyl (C=O) groups excluding carboxylic acids is 1. The summed E-state index contributed by atoms with van der Waals surface area (Å²) in [5, 5.41) is 15.1. The Labute approximate surface area is 179 Å². The highest BCUT2D eigenvalue weighted by Gasteiger charge is 2.11. The zero-order chi connectivity index (χ0) is 21.0. The minimum absolute atomic E-state index is 0.192. The summed E-state index contributed by atoms with van der Waals surface area (Å²) in [6.45, 7) is 1.89. The lowest BCUT2D eigenvalue weighted by atomic mass is 10.2. The molecule has 3 aromatic heterocycles. The second-order valence-electron chi connectivity index (χ2n) is 6.52. The Kier molecular flexibility index (Phi) is 8.48. The van der Waals surface area contributed by atoms with Gasteiger partial charge in [-0.1, -0.05) is 6.07 Å². The molecule has 3 aromatic rings. The van der Waals surface area contributed by atoms with Gasteiger partial charge in [0.25, 0.3) is 11.9 Å². The predicted molar refractivity (Wildman–Crippen MR) is 120 cm³/mol. The standard InChI is InChI=1S/C20H26N8OS/c21-8-2-1-3-9-24-20-25-12-7-18(26-20)22-10-5-11-23-19(29)16-14-15(27-28-16)17-6-4-13-30-17/h4,6-7,9,12-14H,1-3,5,8,10-11,21H2,(H,23,29)(H,27,28)(H,22,25,26). The van der Waals surface area contributed by atoms with E-state index < -0.39 is 0 Å². The Morgan fingerprint density at radius 1 is 1.27 bits per heavy atom. The van der Waals surface area contributed by atoms with Gasteiger partial charge in [-0.05, 0) is 55.8 Å². The van der Waals surface area contributed by atoms with Crippen molar-refractivity contribution < 1.29 is 4.79 Å². The average Bonchev–Trinajstić information content (AvgIpc) is 3.45. The molecule has 5 N–H and O–H groups in total. The fraction of sp³-hybridized carbons (Fsp3) is 0.350. The molecule has 0 radical (unpaired) electrons. The van der Waals surface area contributed by atoms with Crippen LogP contribution in [0.25, 0.3) is 10.6 Å². The Morgan fingerprint density at radius 2 is 2.20 bits per heavy atom. The van der Waals surface area contributed by atoms with Crippen molar-refractivity contribution in [2.24, 2.45) is 10.7 Å². The minimum Gasteiger partial charge on any atom is -0.370 e. The molecule has 0 saturated carbocycles. The summed E-state index contributed by atoms with van der Waals surface area (Å²) in [7, 11) is 0. The smallest absolute Gasteiger partial charge is 0.271 e. The van der Waals surface area contributed by atoms with Gasteiger partial charge in [0.15, 0.2) is 5.69 Å². The number of hydrogen-bond donors (Lipinski definition) is 4. The van der Waals surface area contributed by atoms with Gasteiger partial charge in [0.05, 0.1) is 10.6 Å². The fourth-order valence-electron chi connectivity index (χ4n) is 2.63. The van der Waals surface area contributed by atoms with Crippen LogP contribution in [0, 0.1) is 0 Å². The Morgan fingerprint density at radius 3 is 3.03 bits per heavy atom. The summed E-state index contributed by atoms with van der Waals surface area (Å²) in [6.07, 6.45) is 7.10. The molecule has 0 unspecified atom stereocenters. The summed E-state index contributed by atoms with van der Waals surface area (Å²) >= 11 is 1.60. The zero-order valence-corrected chi connectivity index (χ0v) is 17.5. The van der Waals surface area contributed by atoms with E-state index in [4.69, 9.17) is 5.73 Å². The summed E-state index contributed by atoms with van der Waals surface area (Å²) in [5.74, 6) is 0.946. The highest BCUT2D eigenvalue weighted by atomic mass is 32.1. The van der Waals surface area contributed by atoms with Crippen molar-refractivity contribution in [1.82, 2.24) is 25.5 Å². The highest BCUT2D eigenvalue weighted by molar-refractivity contribution is 7.13. The molecule has 30 heavy (non-hydrogen) atoms. The molecule has 1 amide bonds. The topological polar surface area (TPSA) is 134 Å². The molecule has 0 spiro atoms. The lowest BCUT2D eigenvalue weighted by Gasteiger charge is -2.06. The first-order chi connectivity index (χ1) is 14.8. The van der Waals surface area contributed by atoms with E-state index in [9.17, 15) is 4.79 Å². The van der Waals surface area contributed by atoms with Crippen molar-refractivity contribution in [3.63, 3.8) is 0 Å². The largest absolute Gasteiger partial charge is 0.370 e. The first-order valence-corrected chi connectivity index (χ1v) is 10.8. The predicted octanol–water partition coefficient (Wildman–Crippen LogP) is 2.99. The van der Waals surface area contributed by atoms with Gasteiger partial charge >= 0.3 is 0 Å². The molecular formula is C20H26N8OS. The highest BCUT2D eigenvalue weighted by Crippen LogP contribution is 2.22. The summed E-state index contributed by atoms with van der Waals surface area (Å²) in [4.78, 5) is 26.0. The zero-order valence-electron chi connectivity index (χ0n) is 16.7. The van der Waals surface area contributed by atoms with Gasteiger partial charge < -0.3 is 16.4 Å². The lowest BCUT2D eigenvalue weighted by Crippen LogP contribution is -2.26. The molecule has 0 bridgehead atoms. The molecule has 0 aliphatic carbocycles. The van der Waals surface area contributed by atoms with Crippen molar-refractivity contribution >= 4 is 35.2 Å². The normalized spacial score (nSPS) is 11.1. The lowest BCUT2D eigenvalue weighted by molar-refractivity contribution is 0.0948. The molecule has 3 rings (SSSR count). The molecule has 158 valence electrons. The maximum atomic E-state index is 12.2. The number of anilines is 1. The van der Waals surface area contributed by atoms with Gasteiger partial charge in [0, 0.05) is 25.5 Å². The number of amides is 1. The van der Waals surface area contributed by atoms with Crippen LogP contribution < -0.4 is 16.4 Å². The number of nitrogens with two attached hydrogens (primary N) is 1. The third kappa shape index (κ3) is 6.75. The SMILES string of the molecule is NCCCCC=Nc1nccc(NCCCNC(=O)c2cc(-c3cccs3)[nH]n2)n1. The Bertz CT molecular complexity index is 938. The number of unbranched alkanes of at least 4 members (excludes halogenated alkanes) is 2. The third-order valence-electron chi connectivity index (χ3n) is 4.18. The molecule has 0 saturated heterocycles. The van der Waals surface area contributed by atoms with Crippen LogP contribution >= 0.6 is 11.3 Å². The van der Waals surface area contributed by atoms with E-state index in [0.29, 0.717) is 37.1 Å². The number of nitrogens with one attached hydrogen (secondary N) is 3. The fourth-order valence-corrected chi connectivity index (χ4v) is 3.32. The maximum Gasteiger partial charge on any atom is 0.271 e. The van der Waals surface area contributed by atoms with Gasteiger partial charge in [0.1, 0.15) is 5.82 Å². The number of aromatic amines is 1. The van der Waals surface area contributed by atoms with Crippen LogP contribution in [0.4, 0.5) is 11.8 Å². The number of aliphatic imine (C=N–C) groups is 1. The average molecular weight is 427 g/mol. The summed E-state index contributed by atoms with van der Waals surface area (Å²) in [6, 6.07) is 7.50.